The molecule has 0 aromatic heterocycles. The molecule has 1 aromatic carbocycles. The van der Waals surface area contributed by atoms with Crippen molar-refractivity contribution in [3.05, 3.63) is 29.8 Å². The fourth-order valence-corrected chi connectivity index (χ4v) is 2.98. The molecule has 1 fully saturated rings. The number of ether oxygens (including phenoxy) is 1. The highest BCUT2D eigenvalue weighted by atomic mass is 32.1. The van der Waals surface area contributed by atoms with E-state index in [1.807, 2.05) is 24.3 Å². The molecule has 0 radical (unpaired) electrons. The third kappa shape index (κ3) is 6.14. The molecule has 6 heteroatoms. The lowest BCUT2D eigenvalue weighted by Gasteiger charge is -2.21. The van der Waals surface area contributed by atoms with E-state index >= 15 is 0 Å². The summed E-state index contributed by atoms with van der Waals surface area (Å²) < 4.78 is 5.25. The molecular weight excluding hydrogens is 310 g/mol. The van der Waals surface area contributed by atoms with E-state index in [9.17, 15) is 4.79 Å². The third-order valence-electron chi connectivity index (χ3n) is 4.02. The van der Waals surface area contributed by atoms with E-state index in [1.165, 1.54) is 19.3 Å². The van der Waals surface area contributed by atoms with Crippen molar-refractivity contribution in [1.29, 1.82) is 0 Å². The molecule has 23 heavy (non-hydrogen) atoms. The monoisotopic (exact) mass is 335 g/mol. The Bertz CT molecular complexity index is 542. The topological polar surface area (TPSA) is 76.7 Å². The van der Waals surface area contributed by atoms with Gasteiger partial charge in [0.2, 0.25) is 0 Å². The van der Waals surface area contributed by atoms with Crippen molar-refractivity contribution in [3.63, 3.8) is 0 Å². The SMILES string of the molecule is NC(=NCCNC(=O)OCC1CCCCC1)c1ccccc1S. The van der Waals surface area contributed by atoms with Crippen LogP contribution in [0.4, 0.5) is 4.79 Å². The molecule has 1 aromatic rings. The minimum atomic E-state index is -0.376. The number of hydrogen-bond acceptors (Lipinski definition) is 4. The predicted octanol–water partition coefficient (Wildman–Crippen LogP) is 2.99. The summed E-state index contributed by atoms with van der Waals surface area (Å²) in [6.45, 7) is 1.33. The molecule has 5 nitrogen and oxygen atoms in total. The van der Waals surface area contributed by atoms with E-state index in [1.54, 1.807) is 0 Å². The molecule has 3 N–H and O–H groups in total. The Morgan fingerprint density at radius 2 is 2.04 bits per heavy atom. The van der Waals surface area contributed by atoms with E-state index in [2.05, 4.69) is 22.9 Å². The van der Waals surface area contributed by atoms with Crippen molar-refractivity contribution in [2.45, 2.75) is 37.0 Å². The number of nitrogens with one attached hydrogen (secondary N) is 1. The summed E-state index contributed by atoms with van der Waals surface area (Å²) in [5.41, 5.74) is 6.73. The van der Waals surface area contributed by atoms with Crippen LogP contribution in [-0.4, -0.2) is 31.6 Å². The number of nitrogens with two attached hydrogens (primary N) is 1. The second-order valence-electron chi connectivity index (χ2n) is 5.81. The number of aliphatic imine (C=N–C) groups is 1. The highest BCUT2D eigenvalue weighted by molar-refractivity contribution is 7.80. The van der Waals surface area contributed by atoms with E-state index in [0.29, 0.717) is 31.4 Å². The highest BCUT2D eigenvalue weighted by Crippen LogP contribution is 2.23. The lowest BCUT2D eigenvalue weighted by molar-refractivity contribution is 0.116. The quantitative estimate of drug-likeness (QED) is 0.324. The summed E-state index contributed by atoms with van der Waals surface area (Å²) in [6.07, 6.45) is 5.75. The van der Waals surface area contributed by atoms with Gasteiger partial charge in [0, 0.05) is 17.0 Å². The maximum Gasteiger partial charge on any atom is 0.407 e. The minimum Gasteiger partial charge on any atom is -0.449 e. The fourth-order valence-electron chi connectivity index (χ4n) is 2.71. The van der Waals surface area contributed by atoms with Crippen LogP contribution in [0.15, 0.2) is 34.2 Å². The maximum absolute atomic E-state index is 11.6. The normalized spacial score (nSPS) is 16.1. The number of hydrogen-bond donors (Lipinski definition) is 3. The van der Waals surface area contributed by atoms with Crippen LogP contribution in [0, 0.1) is 5.92 Å². The van der Waals surface area contributed by atoms with Crippen LogP contribution < -0.4 is 11.1 Å². The number of carbonyl (C=O) groups is 1. The van der Waals surface area contributed by atoms with Crippen LogP contribution in [0.5, 0.6) is 0 Å². The average molecular weight is 335 g/mol. The summed E-state index contributed by atoms with van der Waals surface area (Å²) in [7, 11) is 0. The lowest BCUT2D eigenvalue weighted by atomic mass is 9.90. The van der Waals surface area contributed by atoms with Crippen LogP contribution in [0.2, 0.25) is 0 Å². The Morgan fingerprint density at radius 1 is 1.30 bits per heavy atom. The number of nitrogens with zero attached hydrogens (tertiary/aromatic N) is 1. The van der Waals surface area contributed by atoms with Gasteiger partial charge in [-0.1, -0.05) is 37.5 Å². The Balaban J connectivity index is 1.65. The van der Waals surface area contributed by atoms with E-state index in [-0.39, 0.29) is 6.09 Å². The molecular formula is C17H25N3O2S. The summed E-state index contributed by atoms with van der Waals surface area (Å²) in [4.78, 5) is 16.7. The van der Waals surface area contributed by atoms with Gasteiger partial charge in [0.15, 0.2) is 0 Å². The van der Waals surface area contributed by atoms with Gasteiger partial charge in [0.05, 0.1) is 13.2 Å². The van der Waals surface area contributed by atoms with Crippen molar-refractivity contribution >= 4 is 24.6 Å². The van der Waals surface area contributed by atoms with Gasteiger partial charge in [-0.3, -0.25) is 4.99 Å². The standard InChI is InChI=1S/C17H25N3O2S/c18-16(14-8-4-5-9-15(14)23)19-10-11-20-17(21)22-12-13-6-2-1-3-7-13/h4-5,8-9,13,23H,1-3,6-7,10-12H2,(H2,18,19)(H,20,21). The van der Waals surface area contributed by atoms with Crippen LogP contribution in [0.25, 0.3) is 0 Å². The number of benzene rings is 1. The van der Waals surface area contributed by atoms with E-state index < -0.39 is 0 Å². The molecule has 0 atom stereocenters. The Labute approximate surface area is 143 Å². The van der Waals surface area contributed by atoms with E-state index in [0.717, 1.165) is 23.3 Å². The van der Waals surface area contributed by atoms with Gasteiger partial charge in [-0.2, -0.15) is 0 Å². The zero-order valence-electron chi connectivity index (χ0n) is 13.3. The minimum absolute atomic E-state index is 0.376. The molecule has 1 aliphatic rings. The summed E-state index contributed by atoms with van der Waals surface area (Å²) in [5, 5.41) is 2.70. The highest BCUT2D eigenvalue weighted by Gasteiger charge is 2.15. The summed E-state index contributed by atoms with van der Waals surface area (Å²) in [6, 6.07) is 7.51. The second kappa shape index (κ2) is 9.45. The molecule has 1 amide bonds. The number of carbonyl (C=O) groups excluding carboxylic acids is 1. The largest absolute Gasteiger partial charge is 0.449 e. The molecule has 2 rings (SSSR count). The molecule has 0 spiro atoms. The molecule has 1 aliphatic carbocycles. The Hall–Kier alpha value is -1.69. The number of amides is 1. The van der Waals surface area contributed by atoms with Gasteiger partial charge in [0.1, 0.15) is 5.84 Å². The molecule has 0 heterocycles. The Kier molecular flexibility index (Phi) is 7.26. The molecule has 0 aliphatic heterocycles. The number of alkyl carbamates (subject to hydrolysis) is 1. The first-order chi connectivity index (χ1) is 11.2. The summed E-state index contributed by atoms with van der Waals surface area (Å²) in [5.74, 6) is 0.947. The zero-order valence-corrected chi connectivity index (χ0v) is 14.2. The second-order valence-corrected chi connectivity index (χ2v) is 6.30. The average Bonchev–Trinajstić information content (AvgIpc) is 2.58. The first-order valence-corrected chi connectivity index (χ1v) is 8.60. The molecule has 0 saturated heterocycles. The van der Waals surface area contributed by atoms with Gasteiger partial charge in [0.25, 0.3) is 0 Å². The van der Waals surface area contributed by atoms with Crippen molar-refractivity contribution in [1.82, 2.24) is 5.32 Å². The lowest BCUT2D eigenvalue weighted by Crippen LogP contribution is -2.29. The van der Waals surface area contributed by atoms with Crippen LogP contribution in [0.3, 0.4) is 0 Å². The smallest absolute Gasteiger partial charge is 0.407 e. The van der Waals surface area contributed by atoms with Crippen LogP contribution >= 0.6 is 12.6 Å². The van der Waals surface area contributed by atoms with Crippen molar-refractivity contribution in [3.8, 4) is 0 Å². The van der Waals surface area contributed by atoms with Crippen molar-refractivity contribution in [2.24, 2.45) is 16.6 Å². The van der Waals surface area contributed by atoms with Crippen molar-refractivity contribution in [2.75, 3.05) is 19.7 Å². The Morgan fingerprint density at radius 3 is 2.78 bits per heavy atom. The number of thiol groups is 1. The molecule has 0 bridgehead atoms. The van der Waals surface area contributed by atoms with Crippen molar-refractivity contribution < 1.29 is 9.53 Å². The first kappa shape index (κ1) is 17.7. The van der Waals surface area contributed by atoms with Crippen LogP contribution in [0.1, 0.15) is 37.7 Å². The zero-order chi connectivity index (χ0) is 16.5. The predicted molar refractivity (Wildman–Crippen MR) is 95.2 cm³/mol. The first-order valence-electron chi connectivity index (χ1n) is 8.15. The number of amidine groups is 1. The van der Waals surface area contributed by atoms with Gasteiger partial charge < -0.3 is 15.8 Å². The van der Waals surface area contributed by atoms with Gasteiger partial charge in [-0.05, 0) is 24.8 Å². The van der Waals surface area contributed by atoms with E-state index in [4.69, 9.17) is 10.5 Å². The van der Waals surface area contributed by atoms with Gasteiger partial charge >= 0.3 is 6.09 Å². The molecule has 126 valence electrons. The van der Waals surface area contributed by atoms with Gasteiger partial charge in [-0.25, -0.2) is 4.79 Å². The third-order valence-corrected chi connectivity index (χ3v) is 4.41. The fraction of sp³-hybridized carbons (Fsp3) is 0.529. The van der Waals surface area contributed by atoms with Gasteiger partial charge in [-0.15, -0.1) is 12.6 Å². The molecule has 0 unspecified atom stereocenters. The summed E-state index contributed by atoms with van der Waals surface area (Å²) >= 11 is 4.34. The maximum atomic E-state index is 11.6. The molecule has 1 saturated carbocycles. The van der Waals surface area contributed by atoms with Crippen LogP contribution in [-0.2, 0) is 4.74 Å². The number of rotatable bonds is 6.